The van der Waals surface area contributed by atoms with Crippen molar-refractivity contribution in [2.24, 2.45) is 0 Å². The van der Waals surface area contributed by atoms with E-state index in [9.17, 15) is 4.79 Å². The van der Waals surface area contributed by atoms with Crippen LogP contribution in [0, 0.1) is 0 Å². The Morgan fingerprint density at radius 3 is 2.22 bits per heavy atom. The van der Waals surface area contributed by atoms with Gasteiger partial charge in [0.05, 0.1) is 5.56 Å². The summed E-state index contributed by atoms with van der Waals surface area (Å²) in [5.74, 6) is 1.20. The summed E-state index contributed by atoms with van der Waals surface area (Å²) in [5, 5.41) is 7.10. The van der Waals surface area contributed by atoms with E-state index in [1.54, 1.807) is 0 Å². The van der Waals surface area contributed by atoms with Gasteiger partial charge >= 0.3 is 0 Å². The lowest BCUT2D eigenvalue weighted by atomic mass is 10.0. The molecule has 2 rings (SSSR count). The van der Waals surface area contributed by atoms with Crippen LogP contribution in [0.3, 0.4) is 0 Å². The fraction of sp³-hybridized carbons (Fsp3) is 0.471. The van der Waals surface area contributed by atoms with Crippen molar-refractivity contribution < 1.29 is 4.79 Å². The number of hydrogen-bond acceptors (Lipinski definition) is 4. The van der Waals surface area contributed by atoms with E-state index in [-0.39, 0.29) is 18.0 Å². The van der Waals surface area contributed by atoms with Crippen LogP contribution in [0.4, 0.5) is 5.95 Å². The summed E-state index contributed by atoms with van der Waals surface area (Å²) in [6, 6.07) is 7.77. The largest absolute Gasteiger partial charge is 0.346 e. The third-order valence-corrected chi connectivity index (χ3v) is 3.63. The van der Waals surface area contributed by atoms with Gasteiger partial charge in [-0.25, -0.2) is 0 Å². The molecule has 124 valence electrons. The summed E-state index contributed by atoms with van der Waals surface area (Å²) in [4.78, 5) is 21.2. The van der Waals surface area contributed by atoms with Crippen molar-refractivity contribution in [2.75, 3.05) is 19.0 Å². The molecule has 1 aromatic carbocycles. The van der Waals surface area contributed by atoms with Gasteiger partial charge in [0.15, 0.2) is 5.82 Å². The first-order chi connectivity index (χ1) is 10.8. The van der Waals surface area contributed by atoms with Crippen LogP contribution in [0.25, 0.3) is 11.4 Å². The van der Waals surface area contributed by atoms with Crippen LogP contribution in [-0.4, -0.2) is 52.2 Å². The van der Waals surface area contributed by atoms with Gasteiger partial charge in [0.2, 0.25) is 5.95 Å². The van der Waals surface area contributed by atoms with Crippen molar-refractivity contribution in [1.82, 2.24) is 20.1 Å². The zero-order valence-corrected chi connectivity index (χ0v) is 14.7. The molecule has 0 spiro atoms. The molecule has 0 saturated heterocycles. The lowest BCUT2D eigenvalue weighted by Crippen LogP contribution is -2.42. The molecule has 1 amide bonds. The topological polar surface area (TPSA) is 65.1 Å². The normalized spacial score (nSPS) is 11.1. The molecule has 23 heavy (non-hydrogen) atoms. The van der Waals surface area contributed by atoms with Crippen molar-refractivity contribution >= 4 is 11.9 Å². The molecule has 1 heterocycles. The molecule has 0 aliphatic rings. The highest BCUT2D eigenvalue weighted by Crippen LogP contribution is 2.24. The van der Waals surface area contributed by atoms with Crippen LogP contribution < -0.4 is 4.90 Å². The molecule has 0 aliphatic carbocycles. The number of anilines is 1. The molecule has 0 fully saturated rings. The van der Waals surface area contributed by atoms with Crippen molar-refractivity contribution in [1.29, 1.82) is 0 Å². The number of carbonyl (C=O) groups is 1. The van der Waals surface area contributed by atoms with E-state index in [0.717, 1.165) is 5.56 Å². The molecule has 0 radical (unpaired) electrons. The Labute approximate surface area is 137 Å². The number of nitrogens with one attached hydrogen (secondary N) is 1. The molecular weight excluding hydrogens is 290 g/mol. The fourth-order valence-corrected chi connectivity index (χ4v) is 2.65. The third kappa shape index (κ3) is 3.52. The van der Waals surface area contributed by atoms with Gasteiger partial charge in [-0.3, -0.25) is 9.89 Å². The van der Waals surface area contributed by atoms with Gasteiger partial charge in [-0.05, 0) is 33.8 Å². The second-order valence-corrected chi connectivity index (χ2v) is 6.32. The Morgan fingerprint density at radius 1 is 1.09 bits per heavy atom. The third-order valence-electron chi connectivity index (χ3n) is 3.63. The van der Waals surface area contributed by atoms with Crippen LogP contribution in [0.2, 0.25) is 0 Å². The number of aromatic amines is 1. The molecule has 0 bridgehead atoms. The quantitative estimate of drug-likeness (QED) is 0.921. The maximum absolute atomic E-state index is 13.0. The highest BCUT2D eigenvalue weighted by atomic mass is 16.2. The number of hydrogen-bond donors (Lipinski definition) is 1. The summed E-state index contributed by atoms with van der Waals surface area (Å²) < 4.78 is 0. The SMILES string of the molecule is CC(C)N(C(=O)c1ccccc1-c1nc(N(C)C)n[nH]1)C(C)C. The number of rotatable bonds is 5. The fourth-order valence-electron chi connectivity index (χ4n) is 2.65. The van der Waals surface area contributed by atoms with Gasteiger partial charge in [-0.15, -0.1) is 5.10 Å². The van der Waals surface area contributed by atoms with Gasteiger partial charge in [0.1, 0.15) is 0 Å². The highest BCUT2D eigenvalue weighted by Gasteiger charge is 2.24. The van der Waals surface area contributed by atoms with Gasteiger partial charge in [0.25, 0.3) is 5.91 Å². The van der Waals surface area contributed by atoms with Crippen LogP contribution in [-0.2, 0) is 0 Å². The maximum Gasteiger partial charge on any atom is 0.255 e. The summed E-state index contributed by atoms with van der Waals surface area (Å²) >= 11 is 0. The van der Waals surface area contributed by atoms with E-state index < -0.39 is 0 Å². The molecule has 1 N–H and O–H groups in total. The minimum absolute atomic E-state index is 0.00778. The monoisotopic (exact) mass is 315 g/mol. The standard InChI is InChI=1S/C17H25N5O/c1-11(2)22(12(3)4)16(23)14-10-8-7-9-13(14)15-18-17(20-19-15)21(5)6/h7-12H,1-6H3,(H,18,19,20). The second-order valence-electron chi connectivity index (χ2n) is 6.32. The number of amides is 1. The van der Waals surface area contributed by atoms with E-state index in [1.165, 1.54) is 0 Å². The number of benzene rings is 1. The van der Waals surface area contributed by atoms with Crippen molar-refractivity contribution in [2.45, 2.75) is 39.8 Å². The van der Waals surface area contributed by atoms with E-state index in [1.807, 2.05) is 75.9 Å². The minimum atomic E-state index is 0.00778. The average Bonchev–Trinajstić information content (AvgIpc) is 2.96. The van der Waals surface area contributed by atoms with Crippen molar-refractivity contribution in [3.63, 3.8) is 0 Å². The summed E-state index contributed by atoms with van der Waals surface area (Å²) in [5.41, 5.74) is 1.40. The molecular formula is C17H25N5O. The smallest absolute Gasteiger partial charge is 0.255 e. The molecule has 2 aromatic rings. The number of H-pyrrole nitrogens is 1. The molecule has 0 saturated carbocycles. The molecule has 6 nitrogen and oxygen atoms in total. The Morgan fingerprint density at radius 2 is 1.70 bits per heavy atom. The van der Waals surface area contributed by atoms with E-state index in [4.69, 9.17) is 0 Å². The molecule has 1 aromatic heterocycles. The second kappa shape index (κ2) is 6.81. The first-order valence-electron chi connectivity index (χ1n) is 7.84. The van der Waals surface area contributed by atoms with Gasteiger partial charge < -0.3 is 9.80 Å². The van der Waals surface area contributed by atoms with Crippen LogP contribution in [0.1, 0.15) is 38.1 Å². The predicted molar refractivity (Wildman–Crippen MR) is 92.6 cm³/mol. The number of aromatic nitrogens is 3. The lowest BCUT2D eigenvalue weighted by molar-refractivity contribution is 0.0644. The zero-order valence-electron chi connectivity index (χ0n) is 14.7. The maximum atomic E-state index is 13.0. The Bertz CT molecular complexity index is 667. The average molecular weight is 315 g/mol. The Hall–Kier alpha value is -2.37. The summed E-state index contributed by atoms with van der Waals surface area (Å²) in [7, 11) is 3.76. The van der Waals surface area contributed by atoms with Crippen LogP contribution >= 0.6 is 0 Å². The molecule has 0 unspecified atom stereocenters. The molecule has 0 aliphatic heterocycles. The molecule has 6 heteroatoms. The predicted octanol–water partition coefficient (Wildman–Crippen LogP) is 2.80. The van der Waals surface area contributed by atoms with Crippen molar-refractivity contribution in [3.8, 4) is 11.4 Å². The minimum Gasteiger partial charge on any atom is -0.346 e. The van der Waals surface area contributed by atoms with Gasteiger partial charge in [-0.1, -0.05) is 18.2 Å². The number of carbonyl (C=O) groups excluding carboxylic acids is 1. The Kier molecular flexibility index (Phi) is 5.03. The lowest BCUT2D eigenvalue weighted by Gasteiger charge is -2.31. The first-order valence-corrected chi connectivity index (χ1v) is 7.84. The summed E-state index contributed by atoms with van der Waals surface area (Å²) in [6.07, 6.45) is 0. The van der Waals surface area contributed by atoms with Gasteiger partial charge in [-0.2, -0.15) is 4.98 Å². The van der Waals surface area contributed by atoms with E-state index in [0.29, 0.717) is 17.3 Å². The van der Waals surface area contributed by atoms with E-state index in [2.05, 4.69) is 15.2 Å². The number of nitrogens with zero attached hydrogens (tertiary/aromatic N) is 4. The van der Waals surface area contributed by atoms with Crippen LogP contribution in [0.5, 0.6) is 0 Å². The highest BCUT2D eigenvalue weighted by molar-refractivity contribution is 6.00. The zero-order chi connectivity index (χ0) is 17.1. The van der Waals surface area contributed by atoms with Gasteiger partial charge in [0, 0.05) is 31.7 Å². The Balaban J connectivity index is 2.46. The van der Waals surface area contributed by atoms with Crippen LogP contribution in [0.15, 0.2) is 24.3 Å². The van der Waals surface area contributed by atoms with Crippen molar-refractivity contribution in [3.05, 3.63) is 29.8 Å². The molecule has 0 atom stereocenters. The summed E-state index contributed by atoms with van der Waals surface area (Å²) in [6.45, 7) is 8.11. The first kappa shape index (κ1) is 17.0. The van der Waals surface area contributed by atoms with E-state index >= 15 is 0 Å².